The van der Waals surface area contributed by atoms with Crippen molar-refractivity contribution in [2.75, 3.05) is 0 Å². The Morgan fingerprint density at radius 3 is 1.11 bits per heavy atom. The molecule has 2 rings (SSSR count). The highest BCUT2D eigenvalue weighted by Gasteiger charge is 2.44. The molecule has 1 nitrogen and oxygen atoms in total. The van der Waals surface area contributed by atoms with Crippen LogP contribution in [0.1, 0.15) is 0 Å². The molecule has 0 atom stereocenters. The Kier molecular flexibility index (Phi) is 5.61. The summed E-state index contributed by atoms with van der Waals surface area (Å²) in [4.78, 5) is 0. The van der Waals surface area contributed by atoms with Crippen LogP contribution in [0.2, 0.25) is 26.2 Å². The zero-order valence-electron chi connectivity index (χ0n) is 14.6. The molecule has 0 bridgehead atoms. The largest absolute Gasteiger partial charge is 0.448 e. The van der Waals surface area contributed by atoms with Gasteiger partial charge in [-0.15, -0.1) is 0 Å². The van der Waals surface area contributed by atoms with Gasteiger partial charge in [0.1, 0.15) is 11.6 Å². The van der Waals surface area contributed by atoms with Crippen LogP contribution in [0.25, 0.3) is 0 Å². The van der Waals surface area contributed by atoms with E-state index in [4.69, 9.17) is 4.12 Å². The van der Waals surface area contributed by atoms with Crippen LogP contribution >= 0.6 is 0 Å². The van der Waals surface area contributed by atoms with E-state index in [-0.39, 0.29) is 12.1 Å². The van der Waals surface area contributed by atoms with Crippen LogP contribution in [0.4, 0.5) is 35.1 Å². The number of benzene rings is 2. The van der Waals surface area contributed by atoms with Gasteiger partial charge in [0.05, 0.1) is 0 Å². The molecule has 0 heterocycles. The fourth-order valence-electron chi connectivity index (χ4n) is 2.98. The molecule has 2 aromatic rings. The second kappa shape index (κ2) is 7.02. The zero-order valence-corrected chi connectivity index (χ0v) is 16.6. The minimum atomic E-state index is -3.76. The Morgan fingerprint density at radius 1 is 0.519 bits per heavy atom. The van der Waals surface area contributed by atoms with Crippen LogP contribution in [0.5, 0.6) is 0 Å². The van der Waals surface area contributed by atoms with Crippen molar-refractivity contribution in [2.24, 2.45) is 0 Å². The Hall–Kier alpha value is -1.73. The molecule has 0 aliphatic carbocycles. The molecule has 27 heavy (non-hydrogen) atoms. The third-order valence-electron chi connectivity index (χ3n) is 3.94. The second-order valence-electron chi connectivity index (χ2n) is 6.81. The van der Waals surface area contributed by atoms with Gasteiger partial charge in [-0.2, -0.15) is 0 Å². The van der Waals surface area contributed by atoms with Crippen LogP contribution < -0.4 is 10.4 Å². The van der Waals surface area contributed by atoms with Crippen molar-refractivity contribution >= 4 is 27.0 Å². The normalized spacial score (nSPS) is 12.6. The molecule has 0 aliphatic rings. The van der Waals surface area contributed by atoms with Gasteiger partial charge in [0.15, 0.2) is 34.9 Å². The first-order valence-electron chi connectivity index (χ1n) is 7.57. The zero-order chi connectivity index (χ0) is 20.9. The van der Waals surface area contributed by atoms with Crippen molar-refractivity contribution in [1.29, 1.82) is 0 Å². The molecular weight excluding hydrogens is 416 g/mol. The molecule has 0 fully saturated rings. The summed E-state index contributed by atoms with van der Waals surface area (Å²) in [7, 11) is -7.52. The number of halogens is 8. The summed E-state index contributed by atoms with van der Waals surface area (Å²) in [6.45, 7) is 4.82. The quantitative estimate of drug-likeness (QED) is 0.304. The highest BCUT2D eigenvalue weighted by atomic mass is 28.4. The maximum absolute atomic E-state index is 14.1. The SMILES string of the molecule is C[Si](C)(O[Si](C)(C)c1c(F)cc(F)c(F)c1F)c1c(F)cc(F)c(F)c1F. The van der Waals surface area contributed by atoms with Gasteiger partial charge in [-0.1, -0.05) is 0 Å². The summed E-state index contributed by atoms with van der Waals surface area (Å²) in [5.41, 5.74) is 0. The topological polar surface area (TPSA) is 9.23 Å². The van der Waals surface area contributed by atoms with E-state index in [1.165, 1.54) is 26.2 Å². The number of rotatable bonds is 4. The summed E-state index contributed by atoms with van der Waals surface area (Å²) in [6.07, 6.45) is 0. The predicted octanol–water partition coefficient (Wildman–Crippen LogP) is 4.34. The van der Waals surface area contributed by atoms with Gasteiger partial charge in [-0.25, -0.2) is 35.1 Å². The average Bonchev–Trinajstić information content (AvgIpc) is 2.48. The Bertz CT molecular complexity index is 841. The van der Waals surface area contributed by atoms with E-state index in [1.807, 2.05) is 0 Å². The predicted molar refractivity (Wildman–Crippen MR) is 87.9 cm³/mol. The fourth-order valence-corrected chi connectivity index (χ4v) is 11.5. The van der Waals surface area contributed by atoms with Crippen LogP contribution in [0, 0.1) is 46.5 Å². The average molecular weight is 430 g/mol. The molecule has 0 spiro atoms. The lowest BCUT2D eigenvalue weighted by molar-refractivity contribution is 0.434. The van der Waals surface area contributed by atoms with E-state index < -0.39 is 73.5 Å². The van der Waals surface area contributed by atoms with Crippen molar-refractivity contribution in [3.8, 4) is 0 Å². The molecule has 0 amide bonds. The molecule has 0 radical (unpaired) electrons. The smallest absolute Gasteiger partial charge is 0.212 e. The first kappa shape index (κ1) is 21.6. The van der Waals surface area contributed by atoms with Crippen LogP contribution in [0.15, 0.2) is 12.1 Å². The Balaban J connectivity index is 2.59. The van der Waals surface area contributed by atoms with E-state index in [0.717, 1.165) is 0 Å². The molecular formula is C16H14F8OSi2. The van der Waals surface area contributed by atoms with Gasteiger partial charge in [-0.05, 0) is 26.2 Å². The lowest BCUT2D eigenvalue weighted by Crippen LogP contribution is -2.61. The van der Waals surface area contributed by atoms with Crippen molar-refractivity contribution in [1.82, 2.24) is 0 Å². The van der Waals surface area contributed by atoms with Crippen LogP contribution in [-0.4, -0.2) is 16.6 Å². The highest BCUT2D eigenvalue weighted by molar-refractivity contribution is 6.97. The second-order valence-corrected chi connectivity index (χ2v) is 14.7. The van der Waals surface area contributed by atoms with Gasteiger partial charge < -0.3 is 4.12 Å². The van der Waals surface area contributed by atoms with Gasteiger partial charge in [0.25, 0.3) is 0 Å². The third kappa shape index (κ3) is 3.80. The highest BCUT2D eigenvalue weighted by Crippen LogP contribution is 2.23. The maximum atomic E-state index is 14.1. The Morgan fingerprint density at radius 2 is 0.815 bits per heavy atom. The first-order valence-corrected chi connectivity index (χ1v) is 13.4. The molecule has 0 aliphatic heterocycles. The molecule has 2 aromatic carbocycles. The third-order valence-corrected chi connectivity index (χ3v) is 11.4. The molecule has 0 unspecified atom stereocenters. The minimum Gasteiger partial charge on any atom is -0.448 e. The lowest BCUT2D eigenvalue weighted by atomic mass is 10.3. The summed E-state index contributed by atoms with van der Waals surface area (Å²) >= 11 is 0. The van der Waals surface area contributed by atoms with Crippen molar-refractivity contribution in [3.63, 3.8) is 0 Å². The molecule has 0 aromatic heterocycles. The Labute approximate surface area is 151 Å². The monoisotopic (exact) mass is 430 g/mol. The fraction of sp³-hybridized carbons (Fsp3) is 0.250. The van der Waals surface area contributed by atoms with E-state index in [9.17, 15) is 35.1 Å². The summed E-state index contributed by atoms with van der Waals surface area (Å²) in [5.74, 6) is -13.8. The maximum Gasteiger partial charge on any atom is 0.212 e. The lowest BCUT2D eigenvalue weighted by Gasteiger charge is -2.35. The van der Waals surface area contributed by atoms with E-state index in [0.29, 0.717) is 0 Å². The van der Waals surface area contributed by atoms with Crippen LogP contribution in [0.3, 0.4) is 0 Å². The summed E-state index contributed by atoms with van der Waals surface area (Å²) in [6, 6.07) is 0.276. The van der Waals surface area contributed by atoms with Gasteiger partial charge >= 0.3 is 0 Å². The first-order chi connectivity index (χ1) is 12.2. The van der Waals surface area contributed by atoms with Crippen molar-refractivity contribution in [3.05, 3.63) is 58.7 Å². The molecule has 0 saturated carbocycles. The summed E-state index contributed by atoms with van der Waals surface area (Å²) < 4.78 is 115. The molecule has 11 heteroatoms. The molecule has 0 saturated heterocycles. The van der Waals surface area contributed by atoms with E-state index in [2.05, 4.69) is 0 Å². The standard InChI is InChI=1S/C16H14F8OSi2/c1-26(2,15-9(19)5-7(17)11(21)13(15)23)25-27(3,4)16-10(20)6-8(18)12(22)14(16)24/h5-6H,1-4H3. The van der Waals surface area contributed by atoms with Gasteiger partial charge in [-0.3, -0.25) is 0 Å². The van der Waals surface area contributed by atoms with Crippen molar-refractivity contribution < 1.29 is 39.2 Å². The van der Waals surface area contributed by atoms with Crippen LogP contribution in [-0.2, 0) is 4.12 Å². The van der Waals surface area contributed by atoms with Gasteiger partial charge in [0.2, 0.25) is 16.6 Å². The summed E-state index contributed by atoms with van der Waals surface area (Å²) in [5, 5.41) is -1.74. The van der Waals surface area contributed by atoms with E-state index >= 15 is 0 Å². The molecule has 148 valence electrons. The minimum absolute atomic E-state index is 0.138. The number of hydrogen-bond donors (Lipinski definition) is 0. The number of hydrogen-bond acceptors (Lipinski definition) is 1. The molecule has 0 N–H and O–H groups in total. The van der Waals surface area contributed by atoms with Gasteiger partial charge in [0, 0.05) is 22.5 Å². The van der Waals surface area contributed by atoms with Crippen molar-refractivity contribution in [2.45, 2.75) is 26.2 Å². The van der Waals surface area contributed by atoms with E-state index in [1.54, 1.807) is 0 Å².